The lowest BCUT2D eigenvalue weighted by Crippen LogP contribution is -2.11. The molecule has 2 rings (SSSR count). The van der Waals surface area contributed by atoms with E-state index in [1.807, 2.05) is 0 Å². The summed E-state index contributed by atoms with van der Waals surface area (Å²) in [4.78, 5) is 0. The minimum Gasteiger partial charge on any atom is -0.0533 e. The molecule has 0 amide bonds. The molecule has 82 valence electrons. The summed E-state index contributed by atoms with van der Waals surface area (Å²) in [5.41, 5.74) is 0. The molecule has 0 aromatic rings. The second-order valence-corrected chi connectivity index (χ2v) is 5.59. The molecule has 0 aliphatic heterocycles. The SMILES string of the molecule is C1CCCC2CCCCC(CC1)CC2. The number of hydrogen-bond donors (Lipinski definition) is 0. The Morgan fingerprint density at radius 2 is 0.714 bits per heavy atom. The zero-order valence-electron chi connectivity index (χ0n) is 9.64. The van der Waals surface area contributed by atoms with E-state index in [-0.39, 0.29) is 0 Å². The molecule has 0 spiro atoms. The first kappa shape index (κ1) is 10.5. The summed E-state index contributed by atoms with van der Waals surface area (Å²) in [5, 5.41) is 0. The predicted octanol–water partition coefficient (Wildman–Crippen LogP) is 4.93. The molecule has 0 nitrogen and oxygen atoms in total. The minimum absolute atomic E-state index is 1.11. The zero-order valence-corrected chi connectivity index (χ0v) is 9.64. The Balaban J connectivity index is 1.88. The van der Waals surface area contributed by atoms with Crippen molar-refractivity contribution in [2.24, 2.45) is 11.8 Å². The maximum Gasteiger partial charge on any atom is -0.0414 e. The zero-order chi connectivity index (χ0) is 9.64. The van der Waals surface area contributed by atoms with Crippen molar-refractivity contribution in [2.45, 2.75) is 77.0 Å². The first-order valence-corrected chi connectivity index (χ1v) is 6.95. The number of fused-ring (bicyclic) bond motifs is 3. The van der Waals surface area contributed by atoms with Crippen LogP contribution in [0.25, 0.3) is 0 Å². The molecule has 2 atom stereocenters. The maximum absolute atomic E-state index is 1.56. The Kier molecular flexibility index (Phi) is 4.34. The molecule has 0 heterocycles. The van der Waals surface area contributed by atoms with Gasteiger partial charge in [-0.2, -0.15) is 0 Å². The first-order chi connectivity index (χ1) is 6.95. The molecule has 2 fully saturated rings. The lowest BCUT2D eigenvalue weighted by molar-refractivity contribution is 0.270. The summed E-state index contributed by atoms with van der Waals surface area (Å²) >= 11 is 0. The van der Waals surface area contributed by atoms with Crippen LogP contribution < -0.4 is 0 Å². The average molecular weight is 194 g/mol. The topological polar surface area (TPSA) is 0 Å². The van der Waals surface area contributed by atoms with Gasteiger partial charge in [0.05, 0.1) is 0 Å². The third kappa shape index (κ3) is 3.29. The summed E-state index contributed by atoms with van der Waals surface area (Å²) in [6, 6.07) is 0. The van der Waals surface area contributed by atoms with Crippen LogP contribution in [0.3, 0.4) is 0 Å². The number of hydrogen-bond acceptors (Lipinski definition) is 0. The highest BCUT2D eigenvalue weighted by Crippen LogP contribution is 2.33. The van der Waals surface area contributed by atoms with Crippen LogP contribution in [0.2, 0.25) is 0 Å². The van der Waals surface area contributed by atoms with Gasteiger partial charge in [0.25, 0.3) is 0 Å². The smallest absolute Gasteiger partial charge is 0.0414 e. The molecule has 0 N–H and O–H groups in total. The first-order valence-electron chi connectivity index (χ1n) is 6.95. The van der Waals surface area contributed by atoms with E-state index in [1.165, 1.54) is 38.5 Å². The molecule has 0 aromatic heterocycles. The predicted molar refractivity (Wildman–Crippen MR) is 62.4 cm³/mol. The van der Waals surface area contributed by atoms with Crippen molar-refractivity contribution in [3.8, 4) is 0 Å². The second-order valence-electron chi connectivity index (χ2n) is 5.59. The largest absolute Gasteiger partial charge is 0.0533 e. The van der Waals surface area contributed by atoms with Gasteiger partial charge in [-0.15, -0.1) is 0 Å². The Bertz CT molecular complexity index is 132. The summed E-state index contributed by atoms with van der Waals surface area (Å²) < 4.78 is 0. The molecular weight excluding hydrogens is 168 g/mol. The Labute approximate surface area is 89.5 Å². The Morgan fingerprint density at radius 3 is 1.14 bits per heavy atom. The summed E-state index contributed by atoms with van der Waals surface area (Å²) in [6.07, 6.45) is 18.5. The second kappa shape index (κ2) is 5.78. The summed E-state index contributed by atoms with van der Waals surface area (Å²) in [6.45, 7) is 0. The third-order valence-corrected chi connectivity index (χ3v) is 4.43. The molecule has 2 aliphatic carbocycles. The van der Waals surface area contributed by atoms with Gasteiger partial charge in [-0.05, 0) is 11.8 Å². The fraction of sp³-hybridized carbons (Fsp3) is 1.00. The Morgan fingerprint density at radius 1 is 0.357 bits per heavy atom. The molecule has 0 radical (unpaired) electrons. The van der Waals surface area contributed by atoms with E-state index in [0.29, 0.717) is 0 Å². The van der Waals surface area contributed by atoms with E-state index < -0.39 is 0 Å². The van der Waals surface area contributed by atoms with Crippen molar-refractivity contribution in [1.29, 1.82) is 0 Å². The van der Waals surface area contributed by atoms with Crippen molar-refractivity contribution >= 4 is 0 Å². The van der Waals surface area contributed by atoms with Crippen LogP contribution in [0.15, 0.2) is 0 Å². The lowest BCUT2D eigenvalue weighted by Gasteiger charge is -2.26. The highest BCUT2D eigenvalue weighted by Gasteiger charge is 2.17. The molecular formula is C14H26. The van der Waals surface area contributed by atoms with E-state index in [2.05, 4.69) is 0 Å². The number of rotatable bonds is 0. The van der Waals surface area contributed by atoms with Crippen LogP contribution in [0.5, 0.6) is 0 Å². The molecule has 2 unspecified atom stereocenters. The summed E-state index contributed by atoms with van der Waals surface area (Å²) in [7, 11) is 0. The van der Waals surface area contributed by atoms with Crippen LogP contribution >= 0.6 is 0 Å². The fourth-order valence-electron chi connectivity index (χ4n) is 3.42. The highest BCUT2D eigenvalue weighted by atomic mass is 14.2. The quantitative estimate of drug-likeness (QED) is 0.513. The van der Waals surface area contributed by atoms with Gasteiger partial charge < -0.3 is 0 Å². The normalized spacial score (nSPS) is 36.0. The monoisotopic (exact) mass is 194 g/mol. The van der Waals surface area contributed by atoms with E-state index in [0.717, 1.165) is 11.8 Å². The minimum atomic E-state index is 1.11. The van der Waals surface area contributed by atoms with Gasteiger partial charge >= 0.3 is 0 Å². The van der Waals surface area contributed by atoms with Gasteiger partial charge in [0.15, 0.2) is 0 Å². The molecule has 2 saturated carbocycles. The fourth-order valence-corrected chi connectivity index (χ4v) is 3.42. The molecule has 2 bridgehead atoms. The van der Waals surface area contributed by atoms with Crippen molar-refractivity contribution in [1.82, 2.24) is 0 Å². The van der Waals surface area contributed by atoms with E-state index in [1.54, 1.807) is 38.5 Å². The van der Waals surface area contributed by atoms with E-state index >= 15 is 0 Å². The maximum atomic E-state index is 1.56. The summed E-state index contributed by atoms with van der Waals surface area (Å²) in [5.74, 6) is 2.21. The van der Waals surface area contributed by atoms with Crippen LogP contribution in [0.1, 0.15) is 77.0 Å². The lowest BCUT2D eigenvalue weighted by atomic mass is 9.80. The van der Waals surface area contributed by atoms with Crippen molar-refractivity contribution in [2.75, 3.05) is 0 Å². The third-order valence-electron chi connectivity index (χ3n) is 4.43. The highest BCUT2D eigenvalue weighted by molar-refractivity contribution is 4.71. The van der Waals surface area contributed by atoms with Crippen LogP contribution in [0.4, 0.5) is 0 Å². The Hall–Kier alpha value is 0. The molecule has 0 aromatic carbocycles. The average Bonchev–Trinajstić information content (AvgIpc) is 2.17. The van der Waals surface area contributed by atoms with Crippen LogP contribution in [-0.4, -0.2) is 0 Å². The van der Waals surface area contributed by atoms with Gasteiger partial charge in [0, 0.05) is 0 Å². The van der Waals surface area contributed by atoms with Gasteiger partial charge in [-0.1, -0.05) is 77.0 Å². The van der Waals surface area contributed by atoms with Crippen LogP contribution in [0, 0.1) is 11.8 Å². The van der Waals surface area contributed by atoms with Gasteiger partial charge in [0.2, 0.25) is 0 Å². The van der Waals surface area contributed by atoms with Crippen molar-refractivity contribution in [3.05, 3.63) is 0 Å². The molecule has 0 saturated heterocycles. The van der Waals surface area contributed by atoms with E-state index in [9.17, 15) is 0 Å². The van der Waals surface area contributed by atoms with Gasteiger partial charge in [-0.25, -0.2) is 0 Å². The van der Waals surface area contributed by atoms with Crippen molar-refractivity contribution in [3.63, 3.8) is 0 Å². The molecule has 2 aliphatic rings. The molecule has 0 heteroatoms. The van der Waals surface area contributed by atoms with Gasteiger partial charge in [0.1, 0.15) is 0 Å². The molecule has 14 heavy (non-hydrogen) atoms. The van der Waals surface area contributed by atoms with Crippen LogP contribution in [-0.2, 0) is 0 Å². The van der Waals surface area contributed by atoms with E-state index in [4.69, 9.17) is 0 Å². The van der Waals surface area contributed by atoms with Crippen molar-refractivity contribution < 1.29 is 0 Å². The van der Waals surface area contributed by atoms with Gasteiger partial charge in [-0.3, -0.25) is 0 Å². The standard InChI is InChI=1S/C14H26/c1-2-4-8-14-10-6-5-9-13(7-3-1)11-12-14/h13-14H,1-12H2.